The summed E-state index contributed by atoms with van der Waals surface area (Å²) in [5, 5.41) is 7.28. The molecule has 0 atom stereocenters. The minimum Gasteiger partial charge on any atom is -0.321 e. The Morgan fingerprint density at radius 1 is 1.37 bits per heavy atom. The van der Waals surface area contributed by atoms with Crippen LogP contribution in [0.5, 0.6) is 0 Å². The highest BCUT2D eigenvalue weighted by molar-refractivity contribution is 6.04. The quantitative estimate of drug-likeness (QED) is 0.896. The van der Waals surface area contributed by atoms with Gasteiger partial charge in [-0.3, -0.25) is 9.48 Å². The minimum atomic E-state index is -0.107. The predicted molar refractivity (Wildman–Crippen MR) is 74.4 cm³/mol. The lowest BCUT2D eigenvalue weighted by atomic mass is 10.2. The average molecular weight is 255 g/mol. The van der Waals surface area contributed by atoms with E-state index in [2.05, 4.69) is 10.4 Å². The fourth-order valence-electron chi connectivity index (χ4n) is 2.71. The molecular weight excluding hydrogens is 238 g/mol. The van der Waals surface area contributed by atoms with Crippen molar-refractivity contribution >= 4 is 11.6 Å². The van der Waals surface area contributed by atoms with Gasteiger partial charge in [-0.2, -0.15) is 5.10 Å². The van der Waals surface area contributed by atoms with Gasteiger partial charge in [0.1, 0.15) is 0 Å². The van der Waals surface area contributed by atoms with E-state index >= 15 is 0 Å². The van der Waals surface area contributed by atoms with Crippen LogP contribution in [-0.2, 0) is 19.9 Å². The van der Waals surface area contributed by atoms with Gasteiger partial charge in [-0.1, -0.05) is 12.1 Å². The van der Waals surface area contributed by atoms with Gasteiger partial charge in [0.05, 0.1) is 0 Å². The van der Waals surface area contributed by atoms with Crippen molar-refractivity contribution < 1.29 is 4.79 Å². The van der Waals surface area contributed by atoms with Crippen molar-refractivity contribution in [3.63, 3.8) is 0 Å². The fraction of sp³-hybridized carbons (Fsp3) is 0.333. The smallest absolute Gasteiger partial charge is 0.276 e. The molecule has 1 N–H and O–H groups in total. The Bertz CT molecular complexity index is 643. The summed E-state index contributed by atoms with van der Waals surface area (Å²) in [6, 6.07) is 7.80. The van der Waals surface area contributed by atoms with Gasteiger partial charge in [0.15, 0.2) is 5.69 Å². The summed E-state index contributed by atoms with van der Waals surface area (Å²) in [5.74, 6) is -0.107. The van der Waals surface area contributed by atoms with E-state index in [1.165, 1.54) is 5.69 Å². The van der Waals surface area contributed by atoms with Gasteiger partial charge in [0.2, 0.25) is 0 Å². The normalized spacial score (nSPS) is 13.4. The molecule has 0 spiro atoms. The Kier molecular flexibility index (Phi) is 2.85. The third-order valence-corrected chi connectivity index (χ3v) is 3.61. The average Bonchev–Trinajstić information content (AvgIpc) is 2.93. The van der Waals surface area contributed by atoms with E-state index in [-0.39, 0.29) is 5.91 Å². The Morgan fingerprint density at radius 3 is 3.00 bits per heavy atom. The Hall–Kier alpha value is -2.10. The summed E-state index contributed by atoms with van der Waals surface area (Å²) in [6.07, 6.45) is 3.10. The maximum absolute atomic E-state index is 12.3. The molecule has 0 aliphatic heterocycles. The topological polar surface area (TPSA) is 46.9 Å². The van der Waals surface area contributed by atoms with Crippen LogP contribution in [-0.4, -0.2) is 15.7 Å². The van der Waals surface area contributed by atoms with Crippen LogP contribution in [0.2, 0.25) is 0 Å². The molecule has 98 valence electrons. The highest BCUT2D eigenvalue weighted by Gasteiger charge is 2.24. The number of aromatic nitrogens is 2. The Morgan fingerprint density at radius 2 is 2.21 bits per heavy atom. The molecule has 2 aromatic rings. The van der Waals surface area contributed by atoms with Gasteiger partial charge in [0, 0.05) is 24.0 Å². The van der Waals surface area contributed by atoms with Crippen LogP contribution in [0.1, 0.15) is 33.7 Å². The number of carbonyl (C=O) groups is 1. The third kappa shape index (κ3) is 2.14. The van der Waals surface area contributed by atoms with E-state index in [1.807, 2.05) is 42.9 Å². The monoisotopic (exact) mass is 255 g/mol. The molecule has 19 heavy (non-hydrogen) atoms. The van der Waals surface area contributed by atoms with Crippen LogP contribution < -0.4 is 5.32 Å². The summed E-state index contributed by atoms with van der Waals surface area (Å²) in [7, 11) is 1.91. The minimum absolute atomic E-state index is 0.107. The van der Waals surface area contributed by atoms with Crippen molar-refractivity contribution in [2.75, 3.05) is 5.32 Å². The molecule has 0 saturated carbocycles. The maximum atomic E-state index is 12.3. The molecule has 4 nitrogen and oxygen atoms in total. The van der Waals surface area contributed by atoms with Crippen molar-refractivity contribution in [2.24, 2.45) is 7.05 Å². The van der Waals surface area contributed by atoms with Crippen molar-refractivity contribution in [3.8, 4) is 0 Å². The summed E-state index contributed by atoms with van der Waals surface area (Å²) in [4.78, 5) is 12.3. The molecule has 0 radical (unpaired) electrons. The van der Waals surface area contributed by atoms with Crippen LogP contribution in [0.15, 0.2) is 24.3 Å². The molecule has 0 unspecified atom stereocenters. The number of rotatable bonds is 2. The molecule has 3 rings (SSSR count). The first-order chi connectivity index (χ1) is 9.15. The lowest BCUT2D eigenvalue weighted by Crippen LogP contribution is -2.14. The van der Waals surface area contributed by atoms with Crippen LogP contribution in [0.3, 0.4) is 0 Å². The number of aryl methyl sites for hydroxylation is 2. The van der Waals surface area contributed by atoms with Crippen molar-refractivity contribution in [1.82, 2.24) is 9.78 Å². The first-order valence-corrected chi connectivity index (χ1v) is 6.58. The number of fused-ring (bicyclic) bond motifs is 1. The standard InChI is InChI=1S/C15H17N3O/c1-10-5-3-6-11(9-10)16-15(19)14-12-7-4-8-13(12)18(2)17-14/h3,5-6,9H,4,7-8H2,1-2H3,(H,16,19). The molecule has 1 aliphatic rings. The molecule has 1 aromatic carbocycles. The van der Waals surface area contributed by atoms with Crippen molar-refractivity contribution in [1.29, 1.82) is 0 Å². The molecule has 1 aromatic heterocycles. The number of carbonyl (C=O) groups excluding carboxylic acids is 1. The second-order valence-corrected chi connectivity index (χ2v) is 5.07. The zero-order valence-corrected chi connectivity index (χ0v) is 11.2. The Labute approximate surface area is 112 Å². The largest absolute Gasteiger partial charge is 0.321 e. The number of amides is 1. The van der Waals surface area contributed by atoms with E-state index in [0.717, 1.165) is 36.1 Å². The van der Waals surface area contributed by atoms with Gasteiger partial charge >= 0.3 is 0 Å². The number of anilines is 1. The van der Waals surface area contributed by atoms with E-state index in [9.17, 15) is 4.79 Å². The number of hydrogen-bond donors (Lipinski definition) is 1. The number of hydrogen-bond acceptors (Lipinski definition) is 2. The van der Waals surface area contributed by atoms with Gasteiger partial charge in [-0.25, -0.2) is 0 Å². The predicted octanol–water partition coefficient (Wildman–Crippen LogP) is 2.47. The van der Waals surface area contributed by atoms with Crippen LogP contribution in [0.4, 0.5) is 5.69 Å². The fourth-order valence-corrected chi connectivity index (χ4v) is 2.71. The lowest BCUT2D eigenvalue weighted by molar-refractivity contribution is 0.102. The number of nitrogens with one attached hydrogen (secondary N) is 1. The second kappa shape index (κ2) is 4.53. The first-order valence-electron chi connectivity index (χ1n) is 6.58. The van der Waals surface area contributed by atoms with Crippen molar-refractivity contribution in [3.05, 3.63) is 46.8 Å². The molecule has 1 aliphatic carbocycles. The van der Waals surface area contributed by atoms with Gasteiger partial charge in [-0.05, 0) is 43.9 Å². The van der Waals surface area contributed by atoms with Crippen LogP contribution >= 0.6 is 0 Å². The zero-order chi connectivity index (χ0) is 13.4. The summed E-state index contributed by atoms with van der Waals surface area (Å²) >= 11 is 0. The molecule has 0 bridgehead atoms. The summed E-state index contributed by atoms with van der Waals surface area (Å²) in [5.41, 5.74) is 4.85. The Balaban J connectivity index is 1.87. The highest BCUT2D eigenvalue weighted by Crippen LogP contribution is 2.25. The van der Waals surface area contributed by atoms with E-state index in [0.29, 0.717) is 5.69 Å². The molecule has 0 saturated heterocycles. The molecule has 0 fully saturated rings. The highest BCUT2D eigenvalue weighted by atomic mass is 16.2. The van der Waals surface area contributed by atoms with E-state index < -0.39 is 0 Å². The molecular formula is C15H17N3O. The summed E-state index contributed by atoms with van der Waals surface area (Å²) < 4.78 is 1.84. The van der Waals surface area contributed by atoms with Crippen molar-refractivity contribution in [2.45, 2.75) is 26.2 Å². The number of benzene rings is 1. The van der Waals surface area contributed by atoms with Crippen LogP contribution in [0.25, 0.3) is 0 Å². The zero-order valence-electron chi connectivity index (χ0n) is 11.2. The summed E-state index contributed by atoms with van der Waals surface area (Å²) in [6.45, 7) is 2.01. The van der Waals surface area contributed by atoms with Gasteiger partial charge in [-0.15, -0.1) is 0 Å². The van der Waals surface area contributed by atoms with Gasteiger partial charge in [0.25, 0.3) is 5.91 Å². The van der Waals surface area contributed by atoms with Gasteiger partial charge < -0.3 is 5.32 Å². The van der Waals surface area contributed by atoms with Crippen LogP contribution in [0, 0.1) is 6.92 Å². The first kappa shape index (κ1) is 12.0. The molecule has 1 heterocycles. The molecule has 1 amide bonds. The second-order valence-electron chi connectivity index (χ2n) is 5.07. The molecule has 4 heteroatoms. The van der Waals surface area contributed by atoms with E-state index in [4.69, 9.17) is 0 Å². The lowest BCUT2D eigenvalue weighted by Gasteiger charge is -2.05. The maximum Gasteiger partial charge on any atom is 0.276 e. The SMILES string of the molecule is Cc1cccc(NC(=O)c2nn(C)c3c2CCC3)c1. The number of nitrogens with zero attached hydrogens (tertiary/aromatic N) is 2. The third-order valence-electron chi connectivity index (χ3n) is 3.61. The van der Waals surface area contributed by atoms with E-state index in [1.54, 1.807) is 0 Å².